The minimum Gasteiger partial charge on any atom is -0.490 e. The van der Waals surface area contributed by atoms with Crippen LogP contribution in [0.15, 0.2) is 42.5 Å². The Morgan fingerprint density at radius 2 is 1.78 bits per heavy atom. The van der Waals surface area contributed by atoms with Gasteiger partial charge in [-0.3, -0.25) is 4.79 Å². The van der Waals surface area contributed by atoms with Gasteiger partial charge in [0.1, 0.15) is 18.1 Å². The van der Waals surface area contributed by atoms with Crippen molar-refractivity contribution in [3.8, 4) is 17.6 Å². The first-order valence-electron chi connectivity index (χ1n) is 7.59. The van der Waals surface area contributed by atoms with Gasteiger partial charge in [0, 0.05) is 11.6 Å². The number of halogens is 4. The molecule has 1 N–H and O–H groups in total. The van der Waals surface area contributed by atoms with Gasteiger partial charge < -0.3 is 14.8 Å². The van der Waals surface area contributed by atoms with Gasteiger partial charge in [-0.1, -0.05) is 0 Å². The molecule has 142 valence electrons. The third-order valence-corrected chi connectivity index (χ3v) is 3.40. The van der Waals surface area contributed by atoms with Crippen molar-refractivity contribution in [2.45, 2.75) is 19.1 Å². The number of nitrogens with zero attached hydrogens (tertiary/aromatic N) is 1. The van der Waals surface area contributed by atoms with Gasteiger partial charge in [0.2, 0.25) is 0 Å². The summed E-state index contributed by atoms with van der Waals surface area (Å²) in [6, 6.07) is 9.60. The van der Waals surface area contributed by atoms with Gasteiger partial charge >= 0.3 is 6.61 Å². The molecule has 0 fully saturated rings. The Kier molecular flexibility index (Phi) is 6.23. The summed E-state index contributed by atoms with van der Waals surface area (Å²) in [6.45, 7) is -1.95. The fraction of sp³-hybridized carbons (Fsp3) is 0.222. The number of carbonyl (C=O) groups excluding carboxylic acids is 1. The maximum absolute atomic E-state index is 13.2. The highest BCUT2D eigenvalue weighted by Gasteiger charge is 2.28. The highest BCUT2D eigenvalue weighted by molar-refractivity contribution is 5.95. The molecule has 0 saturated heterocycles. The summed E-state index contributed by atoms with van der Waals surface area (Å²) < 4.78 is 59.8. The summed E-state index contributed by atoms with van der Waals surface area (Å²) in [5, 5.41) is 11.8. The van der Waals surface area contributed by atoms with Crippen molar-refractivity contribution in [1.82, 2.24) is 5.32 Å². The molecule has 0 saturated carbocycles. The average molecular weight is 382 g/mol. The number of hydrogen-bond acceptors (Lipinski definition) is 4. The Bertz CT molecular complexity index is 853. The lowest BCUT2D eigenvalue weighted by Gasteiger charge is -2.23. The number of carbonyl (C=O) groups is 1. The van der Waals surface area contributed by atoms with Crippen LogP contribution in [0.1, 0.15) is 17.3 Å². The normalized spacial score (nSPS) is 12.8. The lowest BCUT2D eigenvalue weighted by atomic mass is 10.1. The van der Waals surface area contributed by atoms with Crippen LogP contribution >= 0.6 is 0 Å². The van der Waals surface area contributed by atoms with Crippen LogP contribution in [0, 0.1) is 23.0 Å². The molecule has 0 unspecified atom stereocenters. The summed E-state index contributed by atoms with van der Waals surface area (Å²) in [7, 11) is 0. The molecule has 5 nitrogen and oxygen atoms in total. The lowest BCUT2D eigenvalue weighted by molar-refractivity contribution is -0.0498. The number of ether oxygens (including phenoxy) is 2. The Morgan fingerprint density at radius 1 is 1.15 bits per heavy atom. The maximum Gasteiger partial charge on any atom is 0.387 e. The SMILES string of the molecule is C[C@](C#N)(COc1ccc(F)c(F)c1)NC(=O)c1ccc(OC(F)F)cc1. The summed E-state index contributed by atoms with van der Waals surface area (Å²) in [5.74, 6) is -2.94. The molecule has 0 radical (unpaired) electrons. The molecular formula is C18H14F4N2O3. The van der Waals surface area contributed by atoms with Crippen molar-refractivity contribution in [2.24, 2.45) is 0 Å². The zero-order chi connectivity index (χ0) is 20.0. The Hall–Kier alpha value is -3.28. The molecule has 0 aliphatic carbocycles. The number of nitriles is 1. The largest absolute Gasteiger partial charge is 0.490 e. The van der Waals surface area contributed by atoms with E-state index in [0.717, 1.165) is 12.1 Å². The number of rotatable bonds is 7. The third-order valence-electron chi connectivity index (χ3n) is 3.40. The van der Waals surface area contributed by atoms with Gasteiger partial charge in [-0.25, -0.2) is 8.78 Å². The highest BCUT2D eigenvalue weighted by atomic mass is 19.3. The fourth-order valence-corrected chi connectivity index (χ4v) is 2.00. The van der Waals surface area contributed by atoms with Gasteiger partial charge in [-0.15, -0.1) is 0 Å². The van der Waals surface area contributed by atoms with Crippen molar-refractivity contribution in [3.05, 3.63) is 59.7 Å². The fourth-order valence-electron chi connectivity index (χ4n) is 2.00. The molecule has 0 aliphatic heterocycles. The van der Waals surface area contributed by atoms with Crippen LogP contribution in [0.4, 0.5) is 17.6 Å². The van der Waals surface area contributed by atoms with E-state index in [1.165, 1.54) is 37.3 Å². The zero-order valence-corrected chi connectivity index (χ0v) is 14.0. The number of alkyl halides is 2. The summed E-state index contributed by atoms with van der Waals surface area (Å²) in [6.07, 6.45) is 0. The molecule has 0 spiro atoms. The van der Waals surface area contributed by atoms with E-state index in [-0.39, 0.29) is 23.7 Å². The molecule has 2 aromatic rings. The highest BCUT2D eigenvalue weighted by Crippen LogP contribution is 2.18. The molecule has 0 heterocycles. The first-order valence-corrected chi connectivity index (χ1v) is 7.59. The Labute approximate surface area is 152 Å². The first kappa shape index (κ1) is 20.0. The van der Waals surface area contributed by atoms with E-state index in [9.17, 15) is 27.6 Å². The lowest BCUT2D eigenvalue weighted by Crippen LogP contribution is -2.49. The minimum atomic E-state index is -2.99. The molecule has 0 aromatic heterocycles. The zero-order valence-electron chi connectivity index (χ0n) is 14.0. The van der Waals surface area contributed by atoms with Crippen LogP contribution in [0.5, 0.6) is 11.5 Å². The van der Waals surface area contributed by atoms with Gasteiger partial charge in [-0.2, -0.15) is 14.0 Å². The molecule has 0 aliphatic rings. The van der Waals surface area contributed by atoms with Gasteiger partial charge in [0.15, 0.2) is 17.2 Å². The quantitative estimate of drug-likeness (QED) is 0.742. The smallest absolute Gasteiger partial charge is 0.387 e. The third kappa shape index (κ3) is 5.60. The van der Waals surface area contributed by atoms with Crippen molar-refractivity contribution in [3.63, 3.8) is 0 Å². The summed E-state index contributed by atoms with van der Waals surface area (Å²) in [4.78, 5) is 12.2. The van der Waals surface area contributed by atoms with Crippen LogP contribution in [0.2, 0.25) is 0 Å². The molecular weight excluding hydrogens is 368 g/mol. The van der Waals surface area contributed by atoms with Crippen molar-refractivity contribution in [1.29, 1.82) is 5.26 Å². The van der Waals surface area contributed by atoms with Crippen LogP contribution < -0.4 is 14.8 Å². The standard InChI is InChI=1S/C18H14F4N2O3/c1-18(9-23,10-26-13-6-7-14(19)15(20)8-13)24-16(25)11-2-4-12(5-3-11)27-17(21)22/h2-8,17H,10H2,1H3,(H,24,25)/t18-/m0/s1. The van der Waals surface area contributed by atoms with E-state index in [1.807, 2.05) is 6.07 Å². The number of benzene rings is 2. The van der Waals surface area contributed by atoms with E-state index in [0.29, 0.717) is 0 Å². The number of hydrogen-bond donors (Lipinski definition) is 1. The van der Waals surface area contributed by atoms with Gasteiger partial charge in [-0.05, 0) is 43.3 Å². The summed E-state index contributed by atoms with van der Waals surface area (Å²) >= 11 is 0. The van der Waals surface area contributed by atoms with E-state index >= 15 is 0 Å². The Morgan fingerprint density at radius 3 is 2.33 bits per heavy atom. The van der Waals surface area contributed by atoms with Gasteiger partial charge in [0.05, 0.1) is 6.07 Å². The van der Waals surface area contributed by atoms with Crippen LogP contribution in [0.25, 0.3) is 0 Å². The number of amides is 1. The second-order valence-corrected chi connectivity index (χ2v) is 5.67. The van der Waals surface area contributed by atoms with E-state index in [2.05, 4.69) is 10.1 Å². The van der Waals surface area contributed by atoms with Crippen LogP contribution in [-0.2, 0) is 0 Å². The van der Waals surface area contributed by atoms with E-state index in [1.54, 1.807) is 0 Å². The first-order chi connectivity index (χ1) is 12.7. The topological polar surface area (TPSA) is 71.3 Å². The maximum atomic E-state index is 13.2. The molecule has 0 bridgehead atoms. The van der Waals surface area contributed by atoms with Crippen molar-refractivity contribution < 1.29 is 31.8 Å². The van der Waals surface area contributed by atoms with Crippen molar-refractivity contribution >= 4 is 5.91 Å². The van der Waals surface area contributed by atoms with Crippen molar-refractivity contribution in [2.75, 3.05) is 6.61 Å². The molecule has 1 amide bonds. The molecule has 9 heteroatoms. The van der Waals surface area contributed by atoms with Gasteiger partial charge in [0.25, 0.3) is 5.91 Å². The second-order valence-electron chi connectivity index (χ2n) is 5.67. The van der Waals surface area contributed by atoms with E-state index < -0.39 is 29.7 Å². The van der Waals surface area contributed by atoms with Crippen LogP contribution in [-0.4, -0.2) is 24.7 Å². The Balaban J connectivity index is 2.02. The second kappa shape index (κ2) is 8.40. The molecule has 1 atom stereocenters. The predicted molar refractivity (Wildman–Crippen MR) is 86.4 cm³/mol. The van der Waals surface area contributed by atoms with Crippen LogP contribution in [0.3, 0.4) is 0 Å². The summed E-state index contributed by atoms with van der Waals surface area (Å²) in [5.41, 5.74) is -1.38. The molecule has 2 aromatic carbocycles. The molecule has 2 rings (SSSR count). The average Bonchev–Trinajstić information content (AvgIpc) is 2.63. The monoisotopic (exact) mass is 382 g/mol. The van der Waals surface area contributed by atoms with E-state index in [4.69, 9.17) is 4.74 Å². The minimum absolute atomic E-state index is 0.0156. The predicted octanol–water partition coefficient (Wildman–Crippen LogP) is 3.66. The number of nitrogens with one attached hydrogen (secondary N) is 1. The molecule has 27 heavy (non-hydrogen) atoms.